The SMILES string of the molecule is Cc1ccc(OC(C)C(=O)Nc2ccccc2-c2ccccc2)c([N+](=O)[O-])n1. The van der Waals surface area contributed by atoms with Crippen LogP contribution in [0.1, 0.15) is 12.6 Å². The number of ether oxygens (including phenoxy) is 1. The molecule has 7 heteroatoms. The maximum atomic E-state index is 12.6. The Balaban J connectivity index is 1.79. The van der Waals surface area contributed by atoms with Crippen molar-refractivity contribution in [2.24, 2.45) is 0 Å². The molecule has 0 aliphatic rings. The number of nitrogens with zero attached hydrogens (tertiary/aromatic N) is 2. The average Bonchev–Trinajstić information content (AvgIpc) is 2.70. The molecular formula is C21H19N3O4. The Labute approximate surface area is 162 Å². The molecular weight excluding hydrogens is 358 g/mol. The summed E-state index contributed by atoms with van der Waals surface area (Å²) in [6, 6.07) is 20.1. The van der Waals surface area contributed by atoms with Gasteiger partial charge >= 0.3 is 5.82 Å². The number of rotatable bonds is 6. The molecule has 1 amide bonds. The summed E-state index contributed by atoms with van der Waals surface area (Å²) in [6.45, 7) is 3.18. The van der Waals surface area contributed by atoms with Gasteiger partial charge in [-0.25, -0.2) is 0 Å². The van der Waals surface area contributed by atoms with E-state index < -0.39 is 22.8 Å². The van der Waals surface area contributed by atoms with E-state index in [9.17, 15) is 14.9 Å². The van der Waals surface area contributed by atoms with Crippen LogP contribution < -0.4 is 10.1 Å². The van der Waals surface area contributed by atoms with Crippen molar-refractivity contribution < 1.29 is 14.5 Å². The lowest BCUT2D eigenvalue weighted by Crippen LogP contribution is -2.30. The number of para-hydroxylation sites is 1. The van der Waals surface area contributed by atoms with Crippen molar-refractivity contribution in [3.05, 3.63) is 82.5 Å². The van der Waals surface area contributed by atoms with E-state index in [1.54, 1.807) is 19.1 Å². The Morgan fingerprint density at radius 2 is 1.75 bits per heavy atom. The summed E-state index contributed by atoms with van der Waals surface area (Å²) in [5.41, 5.74) is 2.95. The minimum atomic E-state index is -0.952. The molecule has 1 heterocycles. The Kier molecular flexibility index (Phi) is 5.64. The third-order valence-electron chi connectivity index (χ3n) is 4.09. The maximum absolute atomic E-state index is 12.6. The zero-order chi connectivity index (χ0) is 20.1. The second-order valence-corrected chi connectivity index (χ2v) is 6.19. The molecule has 1 aromatic heterocycles. The minimum absolute atomic E-state index is 0.0467. The van der Waals surface area contributed by atoms with Crippen LogP contribution >= 0.6 is 0 Å². The lowest BCUT2D eigenvalue weighted by Gasteiger charge is -2.16. The van der Waals surface area contributed by atoms with Gasteiger partial charge in [0.25, 0.3) is 5.91 Å². The van der Waals surface area contributed by atoms with Crippen LogP contribution in [-0.4, -0.2) is 21.9 Å². The van der Waals surface area contributed by atoms with Crippen LogP contribution in [0.4, 0.5) is 11.5 Å². The zero-order valence-corrected chi connectivity index (χ0v) is 15.5. The van der Waals surface area contributed by atoms with Crippen LogP contribution in [-0.2, 0) is 4.79 Å². The van der Waals surface area contributed by atoms with Gasteiger partial charge in [-0.3, -0.25) is 4.79 Å². The van der Waals surface area contributed by atoms with E-state index in [-0.39, 0.29) is 5.75 Å². The first-order valence-corrected chi connectivity index (χ1v) is 8.69. The van der Waals surface area contributed by atoms with Gasteiger partial charge in [-0.05, 0) is 40.6 Å². The molecule has 0 aliphatic heterocycles. The molecule has 0 spiro atoms. The largest absolute Gasteiger partial charge is 0.473 e. The molecule has 0 saturated carbocycles. The van der Waals surface area contributed by atoms with E-state index >= 15 is 0 Å². The van der Waals surface area contributed by atoms with Gasteiger partial charge in [0, 0.05) is 18.2 Å². The number of aromatic nitrogens is 1. The fourth-order valence-electron chi connectivity index (χ4n) is 2.69. The fraction of sp³-hybridized carbons (Fsp3) is 0.143. The topological polar surface area (TPSA) is 94.4 Å². The molecule has 1 atom stereocenters. The Bertz CT molecular complexity index is 1010. The molecule has 0 saturated heterocycles. The first kappa shape index (κ1) is 19.0. The highest BCUT2D eigenvalue weighted by molar-refractivity contribution is 5.98. The van der Waals surface area contributed by atoms with Crippen molar-refractivity contribution in [2.75, 3.05) is 5.32 Å². The van der Waals surface area contributed by atoms with Crippen molar-refractivity contribution in [2.45, 2.75) is 20.0 Å². The Hall–Kier alpha value is -3.74. The summed E-state index contributed by atoms with van der Waals surface area (Å²) in [6.07, 6.45) is -0.952. The van der Waals surface area contributed by atoms with Crippen molar-refractivity contribution in [3.63, 3.8) is 0 Å². The molecule has 0 fully saturated rings. The highest BCUT2D eigenvalue weighted by Gasteiger charge is 2.23. The van der Waals surface area contributed by atoms with Crippen LogP contribution in [0.15, 0.2) is 66.7 Å². The highest BCUT2D eigenvalue weighted by atomic mass is 16.6. The number of anilines is 1. The van der Waals surface area contributed by atoms with Gasteiger partial charge in [0.15, 0.2) is 6.10 Å². The molecule has 0 radical (unpaired) electrons. The van der Waals surface area contributed by atoms with Gasteiger partial charge in [-0.15, -0.1) is 0 Å². The van der Waals surface area contributed by atoms with E-state index in [4.69, 9.17) is 4.74 Å². The summed E-state index contributed by atoms with van der Waals surface area (Å²) in [4.78, 5) is 27.0. The molecule has 28 heavy (non-hydrogen) atoms. The molecule has 7 nitrogen and oxygen atoms in total. The van der Waals surface area contributed by atoms with Crippen molar-refractivity contribution in [1.29, 1.82) is 0 Å². The standard InChI is InChI=1S/C21H19N3O4/c1-14-12-13-19(20(22-14)24(26)27)28-15(2)21(25)23-18-11-7-6-10-17(18)16-8-4-3-5-9-16/h3-13,15H,1-2H3,(H,23,25). The van der Waals surface area contributed by atoms with Crippen molar-refractivity contribution >= 4 is 17.4 Å². The number of nitro groups is 1. The number of nitrogens with one attached hydrogen (secondary N) is 1. The molecule has 3 rings (SSSR count). The average molecular weight is 377 g/mol. The fourth-order valence-corrected chi connectivity index (χ4v) is 2.69. The third kappa shape index (κ3) is 4.32. The molecule has 0 bridgehead atoms. The zero-order valence-electron chi connectivity index (χ0n) is 15.5. The van der Waals surface area contributed by atoms with Crippen molar-refractivity contribution in [1.82, 2.24) is 4.98 Å². The van der Waals surface area contributed by atoms with Gasteiger partial charge in [-0.2, -0.15) is 0 Å². The number of aryl methyl sites for hydroxylation is 1. The number of carbonyl (C=O) groups is 1. The first-order chi connectivity index (χ1) is 13.5. The predicted molar refractivity (Wildman–Crippen MR) is 106 cm³/mol. The highest BCUT2D eigenvalue weighted by Crippen LogP contribution is 2.29. The van der Waals surface area contributed by atoms with E-state index in [2.05, 4.69) is 10.3 Å². The lowest BCUT2D eigenvalue weighted by molar-refractivity contribution is -0.390. The smallest absolute Gasteiger partial charge is 0.406 e. The van der Waals surface area contributed by atoms with Crippen LogP contribution in [0.3, 0.4) is 0 Å². The molecule has 2 aromatic carbocycles. The first-order valence-electron chi connectivity index (χ1n) is 8.69. The summed E-state index contributed by atoms with van der Waals surface area (Å²) < 4.78 is 5.53. The van der Waals surface area contributed by atoms with E-state index in [0.29, 0.717) is 11.4 Å². The molecule has 1 N–H and O–H groups in total. The molecule has 1 unspecified atom stereocenters. The van der Waals surface area contributed by atoms with Crippen LogP contribution in [0.2, 0.25) is 0 Å². The van der Waals surface area contributed by atoms with E-state index in [0.717, 1.165) is 11.1 Å². The summed E-state index contributed by atoms with van der Waals surface area (Å²) in [5, 5.41) is 14.0. The van der Waals surface area contributed by atoms with Gasteiger partial charge in [-0.1, -0.05) is 48.5 Å². The summed E-state index contributed by atoms with van der Waals surface area (Å²) in [7, 11) is 0. The second-order valence-electron chi connectivity index (χ2n) is 6.19. The number of hydrogen-bond donors (Lipinski definition) is 1. The van der Waals surface area contributed by atoms with Gasteiger partial charge in [0.1, 0.15) is 5.69 Å². The maximum Gasteiger partial charge on any atom is 0.406 e. The van der Waals surface area contributed by atoms with Gasteiger partial charge < -0.3 is 20.2 Å². The molecule has 142 valence electrons. The number of pyridine rings is 1. The van der Waals surface area contributed by atoms with E-state index in [1.165, 1.54) is 13.0 Å². The van der Waals surface area contributed by atoms with Crippen LogP contribution in [0, 0.1) is 17.0 Å². The minimum Gasteiger partial charge on any atom is -0.473 e. The lowest BCUT2D eigenvalue weighted by atomic mass is 10.0. The van der Waals surface area contributed by atoms with Crippen molar-refractivity contribution in [3.8, 4) is 16.9 Å². The number of hydrogen-bond acceptors (Lipinski definition) is 5. The monoisotopic (exact) mass is 377 g/mol. The van der Waals surface area contributed by atoms with Gasteiger partial charge in [0.05, 0.1) is 0 Å². The van der Waals surface area contributed by atoms with E-state index in [1.807, 2.05) is 48.5 Å². The normalized spacial score (nSPS) is 11.5. The quantitative estimate of drug-likeness (QED) is 0.508. The molecule has 3 aromatic rings. The van der Waals surface area contributed by atoms with Crippen LogP contribution in [0.5, 0.6) is 5.75 Å². The third-order valence-corrected chi connectivity index (χ3v) is 4.09. The number of amides is 1. The Morgan fingerprint density at radius 1 is 1.07 bits per heavy atom. The number of benzene rings is 2. The van der Waals surface area contributed by atoms with Crippen LogP contribution in [0.25, 0.3) is 11.1 Å². The number of carbonyl (C=O) groups excluding carboxylic acids is 1. The van der Waals surface area contributed by atoms with Gasteiger partial charge in [0.2, 0.25) is 5.75 Å². The predicted octanol–water partition coefficient (Wildman–Crippen LogP) is 4.37. The summed E-state index contributed by atoms with van der Waals surface area (Å²) in [5.74, 6) is -0.878. The second kappa shape index (κ2) is 8.30. The molecule has 0 aliphatic carbocycles. The Morgan fingerprint density at radius 3 is 2.46 bits per heavy atom. The summed E-state index contributed by atoms with van der Waals surface area (Å²) >= 11 is 0.